The molecule has 0 aromatic carbocycles. The molecule has 0 radical (unpaired) electrons. The number of nitrogens with zero attached hydrogens (tertiary/aromatic N) is 1. The molecule has 1 heterocycles. The quantitative estimate of drug-likeness (QED) is 0.854. The number of methoxy groups -OCH3 is 1. The Morgan fingerprint density at radius 3 is 3.00 bits per heavy atom. The average Bonchev–Trinajstić information content (AvgIpc) is 2.21. The van der Waals surface area contributed by atoms with Gasteiger partial charge in [-0.25, -0.2) is 4.98 Å². The topological polar surface area (TPSA) is 51.2 Å². The number of halogens is 1. The first-order valence-corrected chi connectivity index (χ1v) is 5.35. The molecule has 0 unspecified atom stereocenters. The lowest BCUT2D eigenvalue weighted by Gasteiger charge is -2.07. The molecular formula is C10H13BrN2O2. The second-order valence-corrected chi connectivity index (χ2v) is 3.99. The number of rotatable bonds is 4. The fourth-order valence-electron chi connectivity index (χ4n) is 1.11. The fourth-order valence-corrected chi connectivity index (χ4v) is 1.56. The molecule has 0 aliphatic carbocycles. The summed E-state index contributed by atoms with van der Waals surface area (Å²) in [7, 11) is 1.38. The van der Waals surface area contributed by atoms with Gasteiger partial charge in [-0.1, -0.05) is 0 Å². The number of esters is 1. The lowest BCUT2D eigenvalue weighted by Crippen LogP contribution is -2.11. The Morgan fingerprint density at radius 1 is 1.67 bits per heavy atom. The predicted octanol–water partition coefficient (Wildman–Crippen LogP) is 2.13. The van der Waals surface area contributed by atoms with Crippen LogP contribution in [-0.4, -0.2) is 24.6 Å². The van der Waals surface area contributed by atoms with E-state index in [-0.39, 0.29) is 5.97 Å². The van der Waals surface area contributed by atoms with Gasteiger partial charge < -0.3 is 10.1 Å². The van der Waals surface area contributed by atoms with Gasteiger partial charge in [-0.05, 0) is 34.5 Å². The maximum Gasteiger partial charge on any atom is 0.307 e. The van der Waals surface area contributed by atoms with E-state index in [0.717, 1.165) is 15.9 Å². The average molecular weight is 273 g/mol. The molecule has 0 atom stereocenters. The lowest BCUT2D eigenvalue weighted by atomic mass is 10.3. The SMILES string of the molecule is COC(=O)CCNc1ncc(Br)cc1C. The number of pyridine rings is 1. The molecule has 0 aliphatic rings. The van der Waals surface area contributed by atoms with Crippen molar-refractivity contribution in [3.63, 3.8) is 0 Å². The van der Waals surface area contributed by atoms with Crippen LogP contribution < -0.4 is 5.32 Å². The van der Waals surface area contributed by atoms with Gasteiger partial charge in [-0.3, -0.25) is 4.79 Å². The minimum Gasteiger partial charge on any atom is -0.469 e. The number of hydrogen-bond acceptors (Lipinski definition) is 4. The third-order valence-corrected chi connectivity index (χ3v) is 2.33. The minimum absolute atomic E-state index is 0.225. The molecule has 1 N–H and O–H groups in total. The number of nitrogens with one attached hydrogen (secondary N) is 1. The highest BCUT2D eigenvalue weighted by Crippen LogP contribution is 2.16. The van der Waals surface area contributed by atoms with E-state index < -0.39 is 0 Å². The van der Waals surface area contributed by atoms with Crippen molar-refractivity contribution in [3.05, 3.63) is 22.3 Å². The molecule has 15 heavy (non-hydrogen) atoms. The Labute approximate surface area is 97.2 Å². The molecule has 0 amide bonds. The standard InChI is InChI=1S/C10H13BrN2O2/c1-7-5-8(11)6-13-10(7)12-4-3-9(14)15-2/h5-6H,3-4H2,1-2H3,(H,12,13). The summed E-state index contributed by atoms with van der Waals surface area (Å²) in [6.07, 6.45) is 2.06. The molecule has 0 fully saturated rings. The summed E-state index contributed by atoms with van der Waals surface area (Å²) in [5.74, 6) is 0.569. The van der Waals surface area contributed by atoms with E-state index in [9.17, 15) is 4.79 Å². The van der Waals surface area contributed by atoms with Crippen LogP contribution in [0.1, 0.15) is 12.0 Å². The van der Waals surface area contributed by atoms with Gasteiger partial charge in [0.25, 0.3) is 0 Å². The summed E-state index contributed by atoms with van der Waals surface area (Å²) in [5.41, 5.74) is 1.04. The molecule has 1 aromatic heterocycles. The summed E-state index contributed by atoms with van der Waals surface area (Å²) in [6, 6.07) is 1.97. The summed E-state index contributed by atoms with van der Waals surface area (Å²) in [5, 5.41) is 3.07. The van der Waals surface area contributed by atoms with Crippen molar-refractivity contribution in [2.24, 2.45) is 0 Å². The van der Waals surface area contributed by atoms with E-state index in [2.05, 4.69) is 31.0 Å². The van der Waals surface area contributed by atoms with Gasteiger partial charge in [0, 0.05) is 17.2 Å². The number of aryl methyl sites for hydroxylation is 1. The normalized spacial score (nSPS) is 9.80. The van der Waals surface area contributed by atoms with E-state index in [0.29, 0.717) is 13.0 Å². The van der Waals surface area contributed by atoms with Crippen LogP contribution in [0.5, 0.6) is 0 Å². The van der Waals surface area contributed by atoms with E-state index >= 15 is 0 Å². The molecule has 0 spiro atoms. The van der Waals surface area contributed by atoms with Crippen molar-refractivity contribution in [3.8, 4) is 0 Å². The molecule has 82 valence electrons. The Bertz CT molecular complexity index is 355. The molecule has 0 saturated heterocycles. The van der Waals surface area contributed by atoms with Gasteiger partial charge in [0.05, 0.1) is 13.5 Å². The molecule has 1 aromatic rings. The van der Waals surface area contributed by atoms with Gasteiger partial charge in [0.2, 0.25) is 0 Å². The van der Waals surface area contributed by atoms with E-state index in [1.54, 1.807) is 6.20 Å². The fraction of sp³-hybridized carbons (Fsp3) is 0.400. The summed E-state index contributed by atoms with van der Waals surface area (Å²) < 4.78 is 5.47. The third kappa shape index (κ3) is 3.87. The maximum absolute atomic E-state index is 10.9. The third-order valence-electron chi connectivity index (χ3n) is 1.89. The van der Waals surface area contributed by atoms with Crippen LogP contribution >= 0.6 is 15.9 Å². The summed E-state index contributed by atoms with van der Waals surface area (Å²) >= 11 is 3.33. The zero-order valence-electron chi connectivity index (χ0n) is 8.71. The Hall–Kier alpha value is -1.10. The van der Waals surface area contributed by atoms with Crippen molar-refractivity contribution < 1.29 is 9.53 Å². The first-order chi connectivity index (χ1) is 7.13. The van der Waals surface area contributed by atoms with Crippen LogP contribution in [0.3, 0.4) is 0 Å². The Balaban J connectivity index is 2.47. The Kier molecular flexibility index (Phi) is 4.55. The number of ether oxygens (including phenoxy) is 1. The van der Waals surface area contributed by atoms with Crippen molar-refractivity contribution >= 4 is 27.7 Å². The Morgan fingerprint density at radius 2 is 2.40 bits per heavy atom. The number of aromatic nitrogens is 1. The predicted molar refractivity (Wildman–Crippen MR) is 61.8 cm³/mol. The smallest absolute Gasteiger partial charge is 0.307 e. The minimum atomic E-state index is -0.225. The van der Waals surface area contributed by atoms with Crippen LogP contribution in [0.4, 0.5) is 5.82 Å². The highest BCUT2D eigenvalue weighted by Gasteiger charge is 2.02. The van der Waals surface area contributed by atoms with Gasteiger partial charge in [-0.15, -0.1) is 0 Å². The zero-order valence-corrected chi connectivity index (χ0v) is 10.3. The second-order valence-electron chi connectivity index (χ2n) is 3.07. The van der Waals surface area contributed by atoms with Crippen LogP contribution in [0.25, 0.3) is 0 Å². The van der Waals surface area contributed by atoms with Gasteiger partial charge in [0.1, 0.15) is 5.82 Å². The summed E-state index contributed by atoms with van der Waals surface area (Å²) in [4.78, 5) is 15.0. The van der Waals surface area contributed by atoms with Crippen molar-refractivity contribution in [1.29, 1.82) is 0 Å². The van der Waals surface area contributed by atoms with Gasteiger partial charge in [0.15, 0.2) is 0 Å². The maximum atomic E-state index is 10.9. The molecule has 0 bridgehead atoms. The molecule has 4 nitrogen and oxygen atoms in total. The first kappa shape index (κ1) is 12.0. The number of carbonyl (C=O) groups is 1. The molecular weight excluding hydrogens is 260 g/mol. The van der Waals surface area contributed by atoms with Gasteiger partial charge in [-0.2, -0.15) is 0 Å². The van der Waals surface area contributed by atoms with Crippen LogP contribution in [-0.2, 0) is 9.53 Å². The van der Waals surface area contributed by atoms with Crippen molar-refractivity contribution in [2.45, 2.75) is 13.3 Å². The van der Waals surface area contributed by atoms with E-state index in [1.807, 2.05) is 13.0 Å². The molecule has 0 saturated carbocycles. The lowest BCUT2D eigenvalue weighted by molar-refractivity contribution is -0.140. The van der Waals surface area contributed by atoms with Crippen LogP contribution in [0.2, 0.25) is 0 Å². The van der Waals surface area contributed by atoms with E-state index in [1.165, 1.54) is 7.11 Å². The largest absolute Gasteiger partial charge is 0.469 e. The molecule has 1 rings (SSSR count). The molecule has 5 heteroatoms. The zero-order chi connectivity index (χ0) is 11.3. The van der Waals surface area contributed by atoms with Crippen molar-refractivity contribution in [2.75, 3.05) is 19.0 Å². The van der Waals surface area contributed by atoms with Crippen LogP contribution in [0.15, 0.2) is 16.7 Å². The highest BCUT2D eigenvalue weighted by atomic mass is 79.9. The first-order valence-electron chi connectivity index (χ1n) is 4.56. The second kappa shape index (κ2) is 5.70. The van der Waals surface area contributed by atoms with Crippen LogP contribution in [0, 0.1) is 6.92 Å². The van der Waals surface area contributed by atoms with E-state index in [4.69, 9.17) is 0 Å². The van der Waals surface area contributed by atoms with Gasteiger partial charge >= 0.3 is 5.97 Å². The number of carbonyl (C=O) groups excluding carboxylic acids is 1. The summed E-state index contributed by atoms with van der Waals surface area (Å²) in [6.45, 7) is 2.49. The molecule has 0 aliphatic heterocycles. The monoisotopic (exact) mass is 272 g/mol. The highest BCUT2D eigenvalue weighted by molar-refractivity contribution is 9.10. The van der Waals surface area contributed by atoms with Crippen molar-refractivity contribution in [1.82, 2.24) is 4.98 Å². The number of hydrogen-bond donors (Lipinski definition) is 1. The number of anilines is 1.